The molecule has 1 heterocycles. The maximum Gasteiger partial charge on any atom is 0.344 e. The number of aliphatic carboxylic acids is 1. The van der Waals surface area contributed by atoms with E-state index in [-0.39, 0.29) is 11.9 Å². The number of thiocarbonyl (C=S) groups is 1. The number of methoxy groups -OCH3 is 1. The molecule has 28 heavy (non-hydrogen) atoms. The molecule has 1 aromatic rings. The fourth-order valence-electron chi connectivity index (χ4n) is 3.44. The maximum atomic E-state index is 12.8. The Hall–Kier alpha value is -2.06. The molecule has 1 saturated carbocycles. The molecule has 0 aromatic heterocycles. The number of amides is 1. The summed E-state index contributed by atoms with van der Waals surface area (Å²) >= 11 is 6.75. The van der Waals surface area contributed by atoms with Crippen LogP contribution in [0.15, 0.2) is 23.1 Å². The molecule has 1 aliphatic heterocycles. The molecule has 150 valence electrons. The summed E-state index contributed by atoms with van der Waals surface area (Å²) in [5, 5.41) is 9.18. The van der Waals surface area contributed by atoms with Crippen molar-refractivity contribution >= 4 is 46.3 Å². The van der Waals surface area contributed by atoms with Gasteiger partial charge in [-0.05, 0) is 43.0 Å². The van der Waals surface area contributed by atoms with E-state index in [1.807, 2.05) is 0 Å². The van der Waals surface area contributed by atoms with E-state index in [9.17, 15) is 14.7 Å². The molecule has 0 radical (unpaired) electrons. The molecule has 3 rings (SSSR count). The van der Waals surface area contributed by atoms with Crippen LogP contribution in [0.25, 0.3) is 6.08 Å². The van der Waals surface area contributed by atoms with E-state index in [0.717, 1.165) is 31.2 Å². The van der Waals surface area contributed by atoms with Crippen LogP contribution in [-0.2, 0) is 9.59 Å². The number of nitrogens with zero attached hydrogens (tertiary/aromatic N) is 1. The van der Waals surface area contributed by atoms with E-state index < -0.39 is 12.1 Å². The maximum absolute atomic E-state index is 12.8. The number of hydrogen-bond acceptors (Lipinski definition) is 6. The number of carboxylic acids is 1. The third-order valence-corrected chi connectivity index (χ3v) is 6.24. The lowest BCUT2D eigenvalue weighted by Crippen LogP contribution is -2.36. The summed E-state index contributed by atoms with van der Waals surface area (Å²) in [6.45, 7) is 1.74. The molecule has 1 aromatic carbocycles. The van der Waals surface area contributed by atoms with Gasteiger partial charge in [0.15, 0.2) is 17.6 Å². The van der Waals surface area contributed by atoms with Crippen molar-refractivity contribution in [3.8, 4) is 11.5 Å². The molecule has 1 saturated heterocycles. The van der Waals surface area contributed by atoms with Gasteiger partial charge in [0.25, 0.3) is 5.91 Å². The van der Waals surface area contributed by atoms with E-state index >= 15 is 0 Å². The highest BCUT2D eigenvalue weighted by atomic mass is 32.2. The quantitative estimate of drug-likeness (QED) is 0.525. The molecular weight excluding hydrogens is 398 g/mol. The molecule has 8 heteroatoms. The van der Waals surface area contributed by atoms with Crippen LogP contribution in [0.1, 0.15) is 44.6 Å². The van der Waals surface area contributed by atoms with Gasteiger partial charge in [0.1, 0.15) is 4.32 Å². The van der Waals surface area contributed by atoms with E-state index in [4.69, 9.17) is 21.7 Å². The van der Waals surface area contributed by atoms with Crippen LogP contribution in [0.2, 0.25) is 0 Å². The Bertz CT molecular complexity index is 817. The number of carboxylic acid groups (broad SMARTS) is 1. The topological polar surface area (TPSA) is 76.1 Å². The molecule has 2 fully saturated rings. The largest absolute Gasteiger partial charge is 0.493 e. The summed E-state index contributed by atoms with van der Waals surface area (Å²) in [6, 6.07) is 5.37. The summed E-state index contributed by atoms with van der Waals surface area (Å²) in [6.07, 6.45) is 5.45. The predicted molar refractivity (Wildman–Crippen MR) is 113 cm³/mol. The van der Waals surface area contributed by atoms with Crippen LogP contribution in [0, 0.1) is 0 Å². The Balaban J connectivity index is 1.81. The first-order valence-corrected chi connectivity index (χ1v) is 10.5. The van der Waals surface area contributed by atoms with Gasteiger partial charge in [0.05, 0.1) is 12.0 Å². The minimum absolute atomic E-state index is 0.0434. The lowest BCUT2D eigenvalue weighted by molar-refractivity contribution is -0.145. The van der Waals surface area contributed by atoms with Gasteiger partial charge in [0, 0.05) is 6.04 Å². The summed E-state index contributed by atoms with van der Waals surface area (Å²) in [4.78, 5) is 26.4. The second-order valence-electron chi connectivity index (χ2n) is 6.75. The van der Waals surface area contributed by atoms with Crippen molar-refractivity contribution in [1.82, 2.24) is 4.90 Å². The van der Waals surface area contributed by atoms with Crippen molar-refractivity contribution < 1.29 is 24.2 Å². The molecule has 1 amide bonds. The Morgan fingerprint density at radius 1 is 1.39 bits per heavy atom. The van der Waals surface area contributed by atoms with Crippen LogP contribution in [0.3, 0.4) is 0 Å². The van der Waals surface area contributed by atoms with Crippen molar-refractivity contribution in [3.63, 3.8) is 0 Å². The molecule has 0 spiro atoms. The van der Waals surface area contributed by atoms with Crippen molar-refractivity contribution in [3.05, 3.63) is 28.7 Å². The number of benzene rings is 1. The number of hydrogen-bond donors (Lipinski definition) is 1. The van der Waals surface area contributed by atoms with Crippen LogP contribution in [-0.4, -0.2) is 45.5 Å². The normalized spacial score (nSPS) is 20.1. The zero-order chi connectivity index (χ0) is 20.3. The highest BCUT2D eigenvalue weighted by Crippen LogP contribution is 2.38. The molecular formula is C20H23NO5S2. The highest BCUT2D eigenvalue weighted by molar-refractivity contribution is 8.26. The van der Waals surface area contributed by atoms with Crippen LogP contribution in [0.5, 0.6) is 11.5 Å². The van der Waals surface area contributed by atoms with Gasteiger partial charge in [-0.3, -0.25) is 9.69 Å². The lowest BCUT2D eigenvalue weighted by Gasteiger charge is -2.21. The SMILES string of the molecule is CCC(Oc1ccc(/C=C2/SC(=S)N(C3CCCC3)C2=O)cc1OC)C(=O)O. The van der Waals surface area contributed by atoms with E-state index in [1.54, 1.807) is 36.1 Å². The summed E-state index contributed by atoms with van der Waals surface area (Å²) in [5.74, 6) is -0.297. The van der Waals surface area contributed by atoms with Gasteiger partial charge in [-0.2, -0.15) is 0 Å². The number of carbonyl (C=O) groups excluding carboxylic acids is 1. The van der Waals surface area contributed by atoms with Gasteiger partial charge in [-0.15, -0.1) is 0 Å². The van der Waals surface area contributed by atoms with Crippen LogP contribution in [0.4, 0.5) is 0 Å². The summed E-state index contributed by atoms with van der Waals surface area (Å²) < 4.78 is 11.5. The molecule has 1 atom stereocenters. The third kappa shape index (κ3) is 4.33. The smallest absolute Gasteiger partial charge is 0.344 e. The van der Waals surface area contributed by atoms with Gasteiger partial charge < -0.3 is 14.6 Å². The van der Waals surface area contributed by atoms with Crippen molar-refractivity contribution in [2.75, 3.05) is 7.11 Å². The number of thioether (sulfide) groups is 1. The first-order chi connectivity index (χ1) is 13.4. The molecule has 1 aliphatic carbocycles. The fourth-order valence-corrected chi connectivity index (χ4v) is 4.84. The summed E-state index contributed by atoms with van der Waals surface area (Å²) in [5.41, 5.74) is 0.763. The van der Waals surface area contributed by atoms with Gasteiger partial charge >= 0.3 is 5.97 Å². The second kappa shape index (κ2) is 8.96. The molecule has 1 N–H and O–H groups in total. The van der Waals surface area contributed by atoms with E-state index in [2.05, 4.69) is 0 Å². The zero-order valence-electron chi connectivity index (χ0n) is 15.8. The molecule has 1 unspecified atom stereocenters. The fraction of sp³-hybridized carbons (Fsp3) is 0.450. The Labute approximate surface area is 173 Å². The Morgan fingerprint density at radius 3 is 2.71 bits per heavy atom. The van der Waals surface area contributed by atoms with Crippen LogP contribution >= 0.6 is 24.0 Å². The van der Waals surface area contributed by atoms with Crippen LogP contribution < -0.4 is 9.47 Å². The minimum Gasteiger partial charge on any atom is -0.493 e. The predicted octanol–water partition coefficient (Wildman–Crippen LogP) is 4.08. The Kier molecular flexibility index (Phi) is 6.61. The molecule has 6 nitrogen and oxygen atoms in total. The first-order valence-electron chi connectivity index (χ1n) is 9.29. The first kappa shape index (κ1) is 20.7. The van der Waals surface area contributed by atoms with Crippen molar-refractivity contribution in [2.45, 2.75) is 51.2 Å². The zero-order valence-corrected chi connectivity index (χ0v) is 17.5. The van der Waals surface area contributed by atoms with Gasteiger partial charge in [-0.25, -0.2) is 4.79 Å². The standard InChI is InChI=1S/C20H23NO5S2/c1-3-14(19(23)24)26-15-9-8-12(10-16(15)25-2)11-17-18(22)21(20(27)28-17)13-6-4-5-7-13/h8-11,13-14H,3-7H2,1-2H3,(H,23,24)/b17-11+. The molecule has 2 aliphatic rings. The summed E-state index contributed by atoms with van der Waals surface area (Å²) in [7, 11) is 1.49. The lowest BCUT2D eigenvalue weighted by atomic mass is 10.1. The number of carbonyl (C=O) groups is 2. The third-order valence-electron chi connectivity index (χ3n) is 4.91. The van der Waals surface area contributed by atoms with Crippen molar-refractivity contribution in [2.24, 2.45) is 0 Å². The van der Waals surface area contributed by atoms with E-state index in [1.165, 1.54) is 18.9 Å². The van der Waals surface area contributed by atoms with E-state index in [0.29, 0.717) is 27.1 Å². The Morgan fingerprint density at radius 2 is 2.11 bits per heavy atom. The monoisotopic (exact) mass is 421 g/mol. The highest BCUT2D eigenvalue weighted by Gasteiger charge is 2.38. The second-order valence-corrected chi connectivity index (χ2v) is 8.43. The average Bonchev–Trinajstić information content (AvgIpc) is 3.28. The van der Waals surface area contributed by atoms with Gasteiger partial charge in [-0.1, -0.05) is 49.8 Å². The van der Waals surface area contributed by atoms with Gasteiger partial charge in [0.2, 0.25) is 0 Å². The van der Waals surface area contributed by atoms with Crippen molar-refractivity contribution in [1.29, 1.82) is 0 Å². The number of ether oxygens (including phenoxy) is 2. The molecule has 0 bridgehead atoms. The average molecular weight is 422 g/mol. The minimum atomic E-state index is -1.02. The number of rotatable bonds is 7.